The standard InChI is InChI=1S/C52H66O2S.C10H12O3S/c1-33(2)41-29-37(27-35(5)39-17-19-43-45(31-39)51(11,12)25-23-49(43,7)8)15-21-47(41)55(53,54)48-22-16-38(30-42(48)34(3)4)28-36(6)40-18-20-44-46(32-40)52(13,14)26-24-50(44,9)10;1-2-7-14(12,13)10-6-4-3-5-9(10)8-11/h15-22,27-34H,23-26H2,1-14H3;3-6,8H,2,7H2,1H3. The summed E-state index contributed by atoms with van der Waals surface area (Å²) in [4.78, 5) is 11.5. The third-order valence-corrected chi connectivity index (χ3v) is 19.0. The van der Waals surface area contributed by atoms with Gasteiger partial charge >= 0.3 is 0 Å². The molecule has 0 unspecified atom stereocenters. The molecule has 0 fully saturated rings. The van der Waals surface area contributed by atoms with Crippen LogP contribution >= 0.6 is 0 Å². The van der Waals surface area contributed by atoms with Crippen LogP contribution < -0.4 is 0 Å². The van der Waals surface area contributed by atoms with Gasteiger partial charge in [-0.05, 0) is 164 Å². The Balaban J connectivity index is 0.000000480. The van der Waals surface area contributed by atoms with Crippen LogP contribution in [0.1, 0.15) is 214 Å². The Morgan fingerprint density at radius 1 is 0.522 bits per heavy atom. The van der Waals surface area contributed by atoms with E-state index < -0.39 is 19.7 Å². The summed E-state index contributed by atoms with van der Waals surface area (Å²) in [6, 6.07) is 32.0. The van der Waals surface area contributed by atoms with Crippen LogP contribution in [-0.4, -0.2) is 28.9 Å². The summed E-state index contributed by atoms with van der Waals surface area (Å²) in [5.74, 6) is 0.146. The molecule has 2 aliphatic rings. The first kappa shape index (κ1) is 53.5. The van der Waals surface area contributed by atoms with Crippen LogP contribution in [0.25, 0.3) is 23.3 Å². The topological polar surface area (TPSA) is 85.3 Å². The van der Waals surface area contributed by atoms with Gasteiger partial charge in [0, 0.05) is 5.56 Å². The van der Waals surface area contributed by atoms with Gasteiger partial charge in [0.25, 0.3) is 0 Å². The number of rotatable bonds is 12. The lowest BCUT2D eigenvalue weighted by atomic mass is 9.63. The zero-order valence-electron chi connectivity index (χ0n) is 44.2. The van der Waals surface area contributed by atoms with Crippen molar-refractivity contribution in [1.29, 1.82) is 0 Å². The van der Waals surface area contributed by atoms with Gasteiger partial charge in [-0.1, -0.05) is 181 Å². The molecule has 69 heavy (non-hydrogen) atoms. The number of sulfone groups is 2. The van der Waals surface area contributed by atoms with Crippen LogP contribution in [0.4, 0.5) is 0 Å². The number of allylic oxidation sites excluding steroid dienone is 2. The predicted molar refractivity (Wildman–Crippen MR) is 291 cm³/mol. The van der Waals surface area contributed by atoms with Crippen LogP contribution in [0.2, 0.25) is 0 Å². The third kappa shape index (κ3) is 11.4. The molecule has 0 aliphatic heterocycles. The average molecular weight is 967 g/mol. The number of fused-ring (bicyclic) bond motifs is 2. The molecule has 5 aromatic carbocycles. The van der Waals surface area contributed by atoms with Crippen molar-refractivity contribution in [2.45, 2.75) is 184 Å². The monoisotopic (exact) mass is 967 g/mol. The van der Waals surface area contributed by atoms with E-state index in [9.17, 15) is 21.6 Å². The second-order valence-electron chi connectivity index (χ2n) is 23.1. The summed E-state index contributed by atoms with van der Waals surface area (Å²) in [6.45, 7) is 33.4. The molecule has 2 aliphatic carbocycles. The van der Waals surface area contributed by atoms with E-state index in [0.717, 1.165) is 22.3 Å². The second-order valence-corrected chi connectivity index (χ2v) is 27.1. The van der Waals surface area contributed by atoms with E-state index in [4.69, 9.17) is 0 Å². The van der Waals surface area contributed by atoms with E-state index in [2.05, 4.69) is 158 Å². The quantitative estimate of drug-likeness (QED) is 0.0918. The fraction of sp³-hybridized carbons (Fsp3) is 0.435. The fourth-order valence-corrected chi connectivity index (χ4v) is 13.9. The molecular formula is C62H78O5S2. The summed E-state index contributed by atoms with van der Waals surface area (Å²) in [7, 11) is -7.08. The van der Waals surface area contributed by atoms with Crippen molar-refractivity contribution < 1.29 is 21.6 Å². The number of carbonyl (C=O) groups is 1. The number of aldehydes is 1. The molecule has 0 saturated heterocycles. The molecule has 7 rings (SSSR count). The molecule has 0 saturated carbocycles. The summed E-state index contributed by atoms with van der Waals surface area (Å²) in [5, 5.41) is 0. The SMILES string of the molecule is CC(=Cc1ccc(S(=O)(=O)c2ccc(C=C(C)c3ccc4c(c3)C(C)(C)CCC4(C)C)cc2C(C)C)c(C(C)C)c1)c1ccc2c(c1)C(C)(C)CCC2(C)C.CCCS(=O)(=O)c1ccccc1C=O. The van der Waals surface area contributed by atoms with Crippen LogP contribution in [0.3, 0.4) is 0 Å². The Morgan fingerprint density at radius 2 is 0.913 bits per heavy atom. The number of benzene rings is 5. The average Bonchev–Trinajstić information content (AvgIpc) is 3.29. The molecule has 0 aromatic heterocycles. The summed E-state index contributed by atoms with van der Waals surface area (Å²) in [5.41, 5.74) is 15.2. The van der Waals surface area contributed by atoms with Crippen molar-refractivity contribution in [3.63, 3.8) is 0 Å². The normalized spacial score (nSPS) is 17.4. The van der Waals surface area contributed by atoms with Crippen molar-refractivity contribution in [3.05, 3.63) is 158 Å². The van der Waals surface area contributed by atoms with E-state index in [-0.39, 0.29) is 49.7 Å². The van der Waals surface area contributed by atoms with Crippen LogP contribution in [0.5, 0.6) is 0 Å². The lowest BCUT2D eigenvalue weighted by Gasteiger charge is -2.42. The van der Waals surface area contributed by atoms with Gasteiger partial charge < -0.3 is 0 Å². The van der Waals surface area contributed by atoms with E-state index in [1.54, 1.807) is 19.1 Å². The minimum atomic E-state index is -3.80. The molecule has 0 N–H and O–H groups in total. The zero-order chi connectivity index (χ0) is 51.1. The van der Waals surface area contributed by atoms with Gasteiger partial charge in [-0.15, -0.1) is 0 Å². The molecule has 0 radical (unpaired) electrons. The maximum atomic E-state index is 14.7. The highest BCUT2D eigenvalue weighted by molar-refractivity contribution is 7.91. The first-order valence-corrected chi connectivity index (χ1v) is 28.2. The number of hydrogen-bond donors (Lipinski definition) is 0. The van der Waals surface area contributed by atoms with Crippen molar-refractivity contribution in [2.24, 2.45) is 0 Å². The molecule has 0 heterocycles. The maximum Gasteiger partial charge on any atom is 0.207 e. The van der Waals surface area contributed by atoms with Gasteiger partial charge in [0.05, 0.1) is 20.4 Å². The van der Waals surface area contributed by atoms with Gasteiger partial charge in [0.2, 0.25) is 9.84 Å². The maximum absolute atomic E-state index is 14.7. The molecule has 7 heteroatoms. The number of carbonyl (C=O) groups excluding carboxylic acids is 1. The van der Waals surface area contributed by atoms with Gasteiger partial charge in [0.1, 0.15) is 0 Å². The molecule has 0 amide bonds. The molecule has 0 bridgehead atoms. The zero-order valence-corrected chi connectivity index (χ0v) is 45.9. The molecule has 0 atom stereocenters. The Labute approximate surface area is 416 Å². The van der Waals surface area contributed by atoms with Crippen molar-refractivity contribution in [1.82, 2.24) is 0 Å². The molecule has 0 spiro atoms. The first-order chi connectivity index (χ1) is 32.1. The lowest BCUT2D eigenvalue weighted by Crippen LogP contribution is -2.33. The highest BCUT2D eigenvalue weighted by Crippen LogP contribution is 2.48. The summed E-state index contributed by atoms with van der Waals surface area (Å²) in [6.07, 6.45) is 10.3. The van der Waals surface area contributed by atoms with E-state index in [0.29, 0.717) is 22.5 Å². The Morgan fingerprint density at radius 3 is 1.29 bits per heavy atom. The highest BCUT2D eigenvalue weighted by Gasteiger charge is 2.38. The molecule has 5 nitrogen and oxygen atoms in total. The Hall–Kier alpha value is -4.85. The van der Waals surface area contributed by atoms with E-state index >= 15 is 0 Å². The van der Waals surface area contributed by atoms with Gasteiger partial charge in [-0.3, -0.25) is 4.79 Å². The van der Waals surface area contributed by atoms with Gasteiger partial charge in [-0.2, -0.15) is 0 Å². The third-order valence-electron chi connectivity index (χ3n) is 15.1. The first-order valence-electron chi connectivity index (χ1n) is 25.0. The van der Waals surface area contributed by atoms with E-state index in [1.807, 2.05) is 24.3 Å². The minimum absolute atomic E-state index is 0.0322. The summed E-state index contributed by atoms with van der Waals surface area (Å²) >= 11 is 0. The van der Waals surface area contributed by atoms with Crippen LogP contribution in [0, 0.1) is 0 Å². The molecule has 5 aromatic rings. The Bertz CT molecular complexity index is 2870. The van der Waals surface area contributed by atoms with Crippen molar-refractivity contribution >= 4 is 49.3 Å². The minimum Gasteiger partial charge on any atom is -0.298 e. The highest BCUT2D eigenvalue weighted by atomic mass is 32.2. The van der Waals surface area contributed by atoms with Gasteiger partial charge in [-0.25, -0.2) is 16.8 Å². The largest absolute Gasteiger partial charge is 0.298 e. The summed E-state index contributed by atoms with van der Waals surface area (Å²) < 4.78 is 52.6. The van der Waals surface area contributed by atoms with Crippen molar-refractivity contribution in [3.8, 4) is 0 Å². The number of hydrogen-bond acceptors (Lipinski definition) is 5. The molecule has 368 valence electrons. The molecular weight excluding hydrogens is 889 g/mol. The Kier molecular flexibility index (Phi) is 15.6. The lowest BCUT2D eigenvalue weighted by molar-refractivity contribution is 0.112. The van der Waals surface area contributed by atoms with Crippen LogP contribution in [-0.2, 0) is 41.3 Å². The second kappa shape index (κ2) is 20.1. The van der Waals surface area contributed by atoms with Gasteiger partial charge in [0.15, 0.2) is 16.1 Å². The van der Waals surface area contributed by atoms with E-state index in [1.165, 1.54) is 82.3 Å². The predicted octanol–water partition coefficient (Wildman–Crippen LogP) is 16.3. The smallest absolute Gasteiger partial charge is 0.207 e. The van der Waals surface area contributed by atoms with Crippen molar-refractivity contribution in [2.75, 3.05) is 5.75 Å². The fourth-order valence-electron chi connectivity index (χ4n) is 10.4. The van der Waals surface area contributed by atoms with Crippen LogP contribution in [0.15, 0.2) is 112 Å².